The van der Waals surface area contributed by atoms with Crippen molar-refractivity contribution >= 4 is 29.9 Å². The molecule has 0 radical (unpaired) electrons. The van der Waals surface area contributed by atoms with Gasteiger partial charge in [-0.05, 0) is 37.0 Å². The lowest BCUT2D eigenvalue weighted by Crippen LogP contribution is -2.40. The second-order valence-corrected chi connectivity index (χ2v) is 5.64. The molecule has 23 heavy (non-hydrogen) atoms. The van der Waals surface area contributed by atoms with Crippen LogP contribution in [0.2, 0.25) is 0 Å². The number of hydrogen-bond donors (Lipinski definition) is 1. The van der Waals surface area contributed by atoms with Crippen LogP contribution in [0.25, 0.3) is 0 Å². The third kappa shape index (κ3) is 6.48. The summed E-state index contributed by atoms with van der Waals surface area (Å²) in [4.78, 5) is 6.54. The Bertz CT molecular complexity index is 511. The molecule has 1 aromatic rings. The number of rotatable bonds is 6. The number of nitrogens with one attached hydrogen (secondary N) is 1. The summed E-state index contributed by atoms with van der Waals surface area (Å²) >= 11 is 0. The summed E-state index contributed by atoms with van der Waals surface area (Å²) < 4.78 is 28.6. The molecule has 2 rings (SSSR count). The highest BCUT2D eigenvalue weighted by molar-refractivity contribution is 14.0. The molecule has 1 aromatic carbocycles. The van der Waals surface area contributed by atoms with E-state index in [-0.39, 0.29) is 29.7 Å². The van der Waals surface area contributed by atoms with Crippen LogP contribution in [0, 0.1) is 5.92 Å². The van der Waals surface area contributed by atoms with Gasteiger partial charge in [0.05, 0.1) is 0 Å². The largest absolute Gasteiger partial charge is 0.435 e. The monoisotopic (exact) mass is 439 g/mol. The zero-order valence-electron chi connectivity index (χ0n) is 13.6. The van der Waals surface area contributed by atoms with E-state index in [1.807, 2.05) is 18.9 Å². The van der Waals surface area contributed by atoms with Gasteiger partial charge in [-0.3, -0.25) is 4.99 Å². The molecule has 1 aliphatic carbocycles. The molecule has 0 aliphatic heterocycles. The standard InChI is InChI=1S/C16H23F2N3O.HI/c1-4-19-16(20-14-9-11(14)2)21(3)10-12-5-7-13(8-6-12)22-15(17)18;/h5-8,11,14-15H,4,9-10H2,1-3H3,(H,19,20);1H. The van der Waals surface area contributed by atoms with Crippen molar-refractivity contribution in [1.29, 1.82) is 0 Å². The number of halogens is 3. The second kappa shape index (κ2) is 9.24. The third-order valence-corrected chi connectivity index (χ3v) is 3.66. The lowest BCUT2D eigenvalue weighted by Gasteiger charge is -2.22. The fourth-order valence-electron chi connectivity index (χ4n) is 2.24. The predicted octanol–water partition coefficient (Wildman–Crippen LogP) is 3.71. The Balaban J connectivity index is 0.00000264. The van der Waals surface area contributed by atoms with Gasteiger partial charge in [-0.2, -0.15) is 8.78 Å². The highest BCUT2D eigenvalue weighted by Gasteiger charge is 2.33. The van der Waals surface area contributed by atoms with Crippen LogP contribution in [0.4, 0.5) is 8.78 Å². The number of guanidine groups is 1. The summed E-state index contributed by atoms with van der Waals surface area (Å²) in [7, 11) is 1.97. The molecular weight excluding hydrogens is 415 g/mol. The first kappa shape index (κ1) is 19.9. The summed E-state index contributed by atoms with van der Waals surface area (Å²) in [6.45, 7) is 2.80. The molecule has 7 heteroatoms. The summed E-state index contributed by atoms with van der Waals surface area (Å²) in [5.41, 5.74) is 1.01. The Morgan fingerprint density at radius 2 is 2.00 bits per heavy atom. The Labute approximate surface area is 153 Å². The number of alkyl halides is 2. The first-order valence-electron chi connectivity index (χ1n) is 7.55. The van der Waals surface area contributed by atoms with Crippen molar-refractivity contribution in [1.82, 2.24) is 10.2 Å². The Morgan fingerprint density at radius 1 is 1.39 bits per heavy atom. The normalized spacial score (nSPS) is 20.0. The Kier molecular flexibility index (Phi) is 8.01. The summed E-state index contributed by atoms with van der Waals surface area (Å²) in [6, 6.07) is 7.20. The van der Waals surface area contributed by atoms with Gasteiger partial charge in [0.15, 0.2) is 5.96 Å². The van der Waals surface area contributed by atoms with Gasteiger partial charge >= 0.3 is 6.61 Å². The van der Waals surface area contributed by atoms with E-state index >= 15 is 0 Å². The van der Waals surface area contributed by atoms with Gasteiger partial charge in [-0.25, -0.2) is 0 Å². The van der Waals surface area contributed by atoms with Crippen molar-refractivity contribution in [3.8, 4) is 5.75 Å². The van der Waals surface area contributed by atoms with Crippen molar-refractivity contribution in [2.45, 2.75) is 39.5 Å². The third-order valence-electron chi connectivity index (χ3n) is 3.66. The molecule has 2 unspecified atom stereocenters. The Hall–Kier alpha value is -1.12. The first-order valence-corrected chi connectivity index (χ1v) is 7.55. The van der Waals surface area contributed by atoms with E-state index in [1.54, 1.807) is 24.3 Å². The maximum atomic E-state index is 12.1. The topological polar surface area (TPSA) is 36.9 Å². The van der Waals surface area contributed by atoms with E-state index in [2.05, 4.69) is 22.0 Å². The van der Waals surface area contributed by atoms with Gasteiger partial charge in [0.2, 0.25) is 0 Å². The van der Waals surface area contributed by atoms with Gasteiger partial charge in [0, 0.05) is 26.2 Å². The van der Waals surface area contributed by atoms with Crippen LogP contribution in [0.15, 0.2) is 29.3 Å². The number of benzene rings is 1. The molecule has 0 bridgehead atoms. The molecule has 1 saturated carbocycles. The fraction of sp³-hybridized carbons (Fsp3) is 0.562. The number of nitrogens with zero attached hydrogens (tertiary/aromatic N) is 2. The van der Waals surface area contributed by atoms with E-state index in [0.717, 1.165) is 18.1 Å². The molecule has 0 amide bonds. The summed E-state index contributed by atoms with van der Waals surface area (Å²) in [5.74, 6) is 1.75. The number of ether oxygens (including phenoxy) is 1. The zero-order valence-corrected chi connectivity index (χ0v) is 16.0. The van der Waals surface area contributed by atoms with Crippen LogP contribution in [-0.2, 0) is 6.54 Å². The summed E-state index contributed by atoms with van der Waals surface area (Å²) in [6.07, 6.45) is 1.18. The Morgan fingerprint density at radius 3 is 2.48 bits per heavy atom. The highest BCUT2D eigenvalue weighted by atomic mass is 127. The quantitative estimate of drug-likeness (QED) is 0.417. The summed E-state index contributed by atoms with van der Waals surface area (Å²) in [5, 5.41) is 3.45. The molecule has 0 saturated heterocycles. The average molecular weight is 439 g/mol. The minimum absolute atomic E-state index is 0. The molecule has 0 heterocycles. The molecule has 1 fully saturated rings. The molecular formula is C16H24F2IN3O. The van der Waals surface area contributed by atoms with Gasteiger partial charge in [0.25, 0.3) is 0 Å². The zero-order chi connectivity index (χ0) is 16.1. The van der Waals surface area contributed by atoms with Crippen LogP contribution < -0.4 is 10.1 Å². The maximum Gasteiger partial charge on any atom is 0.387 e. The minimum Gasteiger partial charge on any atom is -0.435 e. The molecule has 4 nitrogen and oxygen atoms in total. The van der Waals surface area contributed by atoms with Crippen LogP contribution in [-0.4, -0.2) is 37.1 Å². The number of aliphatic imine (C=N–C) groups is 1. The molecule has 2 atom stereocenters. The smallest absolute Gasteiger partial charge is 0.387 e. The van der Waals surface area contributed by atoms with Crippen LogP contribution in [0.3, 0.4) is 0 Å². The maximum absolute atomic E-state index is 12.1. The molecule has 130 valence electrons. The first-order chi connectivity index (χ1) is 10.5. The van der Waals surface area contributed by atoms with Crippen molar-refractivity contribution in [3.63, 3.8) is 0 Å². The highest BCUT2D eigenvalue weighted by Crippen LogP contribution is 2.29. The van der Waals surface area contributed by atoms with E-state index in [9.17, 15) is 8.78 Å². The predicted molar refractivity (Wildman–Crippen MR) is 98.6 cm³/mol. The molecule has 1 N–H and O–H groups in total. The lowest BCUT2D eigenvalue weighted by atomic mass is 10.2. The van der Waals surface area contributed by atoms with Gasteiger partial charge in [-0.1, -0.05) is 19.1 Å². The van der Waals surface area contributed by atoms with Crippen LogP contribution in [0.5, 0.6) is 5.75 Å². The van der Waals surface area contributed by atoms with Crippen molar-refractivity contribution in [2.75, 3.05) is 13.6 Å². The molecule has 1 aliphatic rings. The van der Waals surface area contributed by atoms with Gasteiger partial charge in [-0.15, -0.1) is 24.0 Å². The second-order valence-electron chi connectivity index (χ2n) is 5.64. The average Bonchev–Trinajstić information content (AvgIpc) is 3.15. The van der Waals surface area contributed by atoms with E-state index in [4.69, 9.17) is 0 Å². The van der Waals surface area contributed by atoms with Gasteiger partial charge in [0.1, 0.15) is 5.75 Å². The van der Waals surface area contributed by atoms with E-state index in [1.165, 1.54) is 6.42 Å². The van der Waals surface area contributed by atoms with Crippen molar-refractivity contribution < 1.29 is 13.5 Å². The van der Waals surface area contributed by atoms with Crippen molar-refractivity contribution in [2.24, 2.45) is 10.9 Å². The fourth-order valence-corrected chi connectivity index (χ4v) is 2.24. The van der Waals surface area contributed by atoms with Crippen LogP contribution >= 0.6 is 24.0 Å². The molecule has 0 spiro atoms. The van der Waals surface area contributed by atoms with E-state index < -0.39 is 6.61 Å². The lowest BCUT2D eigenvalue weighted by molar-refractivity contribution is -0.0498. The van der Waals surface area contributed by atoms with Crippen LogP contribution in [0.1, 0.15) is 25.8 Å². The van der Waals surface area contributed by atoms with Crippen molar-refractivity contribution in [3.05, 3.63) is 29.8 Å². The van der Waals surface area contributed by atoms with E-state index in [0.29, 0.717) is 18.5 Å². The minimum atomic E-state index is -2.79. The number of hydrogen-bond acceptors (Lipinski definition) is 2. The van der Waals surface area contributed by atoms with Gasteiger partial charge < -0.3 is 15.0 Å². The SMILES string of the molecule is CCN=C(NC1CC1C)N(C)Cc1ccc(OC(F)F)cc1.I. The molecule has 0 aromatic heterocycles.